The summed E-state index contributed by atoms with van der Waals surface area (Å²) in [5, 5.41) is 9.81. The maximum absolute atomic E-state index is 11.8. The monoisotopic (exact) mass is 265 g/mol. The molecule has 0 spiro atoms. The van der Waals surface area contributed by atoms with Gasteiger partial charge in [-0.05, 0) is 39.8 Å². The number of aromatic nitrogens is 2. The molecule has 106 valence electrons. The minimum atomic E-state index is -0.165. The molecule has 1 fully saturated rings. The van der Waals surface area contributed by atoms with Crippen molar-refractivity contribution in [1.82, 2.24) is 20.0 Å². The molecule has 1 aliphatic rings. The van der Waals surface area contributed by atoms with E-state index in [2.05, 4.69) is 27.6 Å². The Balaban J connectivity index is 1.71. The standard InChI is InChI=1S/C13H23N5O/c1-3-18-10-12(9-15-18)16-13(19)14-8-11(2)17-6-4-5-7-17/h9-11H,3-8H2,1-2H3,(H2,14,16,19)/t11-/m0/s1. The lowest BCUT2D eigenvalue weighted by molar-refractivity contribution is 0.234. The van der Waals surface area contributed by atoms with E-state index in [0.29, 0.717) is 12.6 Å². The molecule has 2 rings (SSSR count). The Morgan fingerprint density at radius 2 is 2.21 bits per heavy atom. The normalized spacial score (nSPS) is 17.4. The molecule has 1 saturated heterocycles. The van der Waals surface area contributed by atoms with Gasteiger partial charge in [0.15, 0.2) is 0 Å². The average Bonchev–Trinajstić information content (AvgIpc) is 3.06. The van der Waals surface area contributed by atoms with E-state index in [0.717, 1.165) is 25.3 Å². The predicted octanol–water partition coefficient (Wildman–Crippen LogP) is 1.51. The van der Waals surface area contributed by atoms with E-state index in [1.807, 2.05) is 13.1 Å². The molecule has 6 nitrogen and oxygen atoms in total. The van der Waals surface area contributed by atoms with Crippen molar-refractivity contribution >= 4 is 11.7 Å². The fourth-order valence-electron chi connectivity index (χ4n) is 2.33. The van der Waals surface area contributed by atoms with Gasteiger partial charge in [-0.3, -0.25) is 9.58 Å². The van der Waals surface area contributed by atoms with Crippen LogP contribution in [-0.2, 0) is 6.54 Å². The van der Waals surface area contributed by atoms with Gasteiger partial charge in [0.25, 0.3) is 0 Å². The lowest BCUT2D eigenvalue weighted by atomic mass is 10.3. The first-order chi connectivity index (χ1) is 9.19. The summed E-state index contributed by atoms with van der Waals surface area (Å²) < 4.78 is 1.78. The molecule has 2 heterocycles. The zero-order chi connectivity index (χ0) is 13.7. The first kappa shape index (κ1) is 13.9. The molecule has 0 aliphatic carbocycles. The van der Waals surface area contributed by atoms with Crippen molar-refractivity contribution in [2.24, 2.45) is 0 Å². The molecule has 0 radical (unpaired) electrons. The van der Waals surface area contributed by atoms with Crippen molar-refractivity contribution in [3.63, 3.8) is 0 Å². The Bertz CT molecular complexity index is 411. The van der Waals surface area contributed by atoms with Crippen molar-refractivity contribution in [1.29, 1.82) is 0 Å². The maximum atomic E-state index is 11.8. The van der Waals surface area contributed by atoms with Gasteiger partial charge in [0, 0.05) is 25.3 Å². The quantitative estimate of drug-likeness (QED) is 0.848. The number of carbonyl (C=O) groups excluding carboxylic acids is 1. The van der Waals surface area contributed by atoms with Crippen LogP contribution in [0.1, 0.15) is 26.7 Å². The van der Waals surface area contributed by atoms with Crippen LogP contribution in [0, 0.1) is 0 Å². The lowest BCUT2D eigenvalue weighted by Crippen LogP contribution is -2.42. The zero-order valence-corrected chi connectivity index (χ0v) is 11.7. The smallest absolute Gasteiger partial charge is 0.319 e. The zero-order valence-electron chi connectivity index (χ0n) is 11.7. The van der Waals surface area contributed by atoms with Gasteiger partial charge in [-0.2, -0.15) is 5.10 Å². The number of hydrogen-bond acceptors (Lipinski definition) is 3. The summed E-state index contributed by atoms with van der Waals surface area (Å²) in [5.74, 6) is 0. The van der Waals surface area contributed by atoms with Gasteiger partial charge >= 0.3 is 6.03 Å². The summed E-state index contributed by atoms with van der Waals surface area (Å²) in [6.07, 6.45) is 6.02. The van der Waals surface area contributed by atoms with E-state index in [-0.39, 0.29) is 6.03 Å². The van der Waals surface area contributed by atoms with Gasteiger partial charge in [-0.15, -0.1) is 0 Å². The Hall–Kier alpha value is -1.56. The van der Waals surface area contributed by atoms with Crippen LogP contribution in [0.2, 0.25) is 0 Å². The predicted molar refractivity (Wildman–Crippen MR) is 75.2 cm³/mol. The molecule has 0 aromatic carbocycles. The highest BCUT2D eigenvalue weighted by Crippen LogP contribution is 2.10. The number of likely N-dealkylation sites (tertiary alicyclic amines) is 1. The highest BCUT2D eigenvalue weighted by molar-refractivity contribution is 5.88. The summed E-state index contributed by atoms with van der Waals surface area (Å²) >= 11 is 0. The van der Waals surface area contributed by atoms with Gasteiger partial charge in [0.2, 0.25) is 0 Å². The van der Waals surface area contributed by atoms with Crippen LogP contribution < -0.4 is 10.6 Å². The number of rotatable bonds is 5. The molecule has 0 saturated carbocycles. The van der Waals surface area contributed by atoms with Gasteiger partial charge in [0.05, 0.1) is 11.9 Å². The van der Waals surface area contributed by atoms with Crippen molar-refractivity contribution in [3.05, 3.63) is 12.4 Å². The van der Waals surface area contributed by atoms with E-state index in [9.17, 15) is 4.79 Å². The molecule has 1 aliphatic heterocycles. The van der Waals surface area contributed by atoms with Crippen LogP contribution in [-0.4, -0.2) is 46.4 Å². The largest absolute Gasteiger partial charge is 0.336 e. The third kappa shape index (κ3) is 3.96. The number of nitrogens with zero attached hydrogens (tertiary/aromatic N) is 3. The SMILES string of the molecule is CCn1cc(NC(=O)NC[C@H](C)N2CCCC2)cn1. The summed E-state index contributed by atoms with van der Waals surface area (Å²) in [4.78, 5) is 14.2. The molecule has 0 bridgehead atoms. The van der Waals surface area contributed by atoms with Gasteiger partial charge in [0.1, 0.15) is 0 Å². The molecule has 1 atom stereocenters. The molecule has 1 aromatic heterocycles. The van der Waals surface area contributed by atoms with Crippen molar-refractivity contribution < 1.29 is 4.79 Å². The summed E-state index contributed by atoms with van der Waals surface area (Å²) in [5.41, 5.74) is 0.730. The number of aryl methyl sites for hydroxylation is 1. The summed E-state index contributed by atoms with van der Waals surface area (Å²) in [7, 11) is 0. The number of anilines is 1. The molecule has 2 N–H and O–H groups in total. The summed E-state index contributed by atoms with van der Waals surface area (Å²) in [6.45, 7) is 7.93. The minimum Gasteiger partial charge on any atom is -0.336 e. The van der Waals surface area contributed by atoms with Crippen LogP contribution in [0.15, 0.2) is 12.4 Å². The van der Waals surface area contributed by atoms with Crippen LogP contribution >= 0.6 is 0 Å². The molecule has 6 heteroatoms. The lowest BCUT2D eigenvalue weighted by Gasteiger charge is -2.23. The summed E-state index contributed by atoms with van der Waals surface area (Å²) in [6, 6.07) is 0.230. The molecule has 19 heavy (non-hydrogen) atoms. The second-order valence-corrected chi connectivity index (χ2v) is 5.01. The highest BCUT2D eigenvalue weighted by atomic mass is 16.2. The van der Waals surface area contributed by atoms with Crippen LogP contribution in [0.5, 0.6) is 0 Å². The Morgan fingerprint density at radius 3 is 2.84 bits per heavy atom. The second kappa shape index (κ2) is 6.56. The molecule has 0 unspecified atom stereocenters. The Kier molecular flexibility index (Phi) is 4.79. The van der Waals surface area contributed by atoms with Gasteiger partial charge < -0.3 is 10.6 Å². The van der Waals surface area contributed by atoms with Crippen LogP contribution in [0.4, 0.5) is 10.5 Å². The second-order valence-electron chi connectivity index (χ2n) is 5.01. The van der Waals surface area contributed by atoms with Crippen molar-refractivity contribution in [2.75, 3.05) is 25.0 Å². The fourth-order valence-corrected chi connectivity index (χ4v) is 2.33. The molecular formula is C13H23N5O. The number of amides is 2. The first-order valence-corrected chi connectivity index (χ1v) is 7.00. The van der Waals surface area contributed by atoms with Gasteiger partial charge in [-0.1, -0.05) is 0 Å². The van der Waals surface area contributed by atoms with Crippen molar-refractivity contribution in [2.45, 2.75) is 39.3 Å². The van der Waals surface area contributed by atoms with Crippen molar-refractivity contribution in [3.8, 4) is 0 Å². The van der Waals surface area contributed by atoms with Gasteiger partial charge in [-0.25, -0.2) is 4.79 Å². The third-order valence-electron chi connectivity index (χ3n) is 3.54. The molecule has 1 aromatic rings. The Morgan fingerprint density at radius 1 is 1.47 bits per heavy atom. The molecule has 2 amide bonds. The average molecular weight is 265 g/mol. The van der Waals surface area contributed by atoms with E-state index in [1.54, 1.807) is 10.9 Å². The highest BCUT2D eigenvalue weighted by Gasteiger charge is 2.18. The van der Waals surface area contributed by atoms with E-state index >= 15 is 0 Å². The number of nitrogens with one attached hydrogen (secondary N) is 2. The number of urea groups is 1. The topological polar surface area (TPSA) is 62.2 Å². The number of carbonyl (C=O) groups is 1. The van der Waals surface area contributed by atoms with E-state index in [1.165, 1.54) is 12.8 Å². The Labute approximate surface area is 114 Å². The van der Waals surface area contributed by atoms with E-state index < -0.39 is 0 Å². The number of hydrogen-bond donors (Lipinski definition) is 2. The minimum absolute atomic E-state index is 0.165. The first-order valence-electron chi connectivity index (χ1n) is 7.00. The van der Waals surface area contributed by atoms with E-state index in [4.69, 9.17) is 0 Å². The molecular weight excluding hydrogens is 242 g/mol. The third-order valence-corrected chi connectivity index (χ3v) is 3.54. The van der Waals surface area contributed by atoms with Crippen LogP contribution in [0.25, 0.3) is 0 Å². The fraction of sp³-hybridized carbons (Fsp3) is 0.692. The van der Waals surface area contributed by atoms with Crippen LogP contribution in [0.3, 0.4) is 0 Å². The maximum Gasteiger partial charge on any atom is 0.319 e.